The minimum atomic E-state index is -2.06. The van der Waals surface area contributed by atoms with E-state index in [1.807, 2.05) is 20.8 Å². The fourth-order valence-electron chi connectivity index (χ4n) is 8.35. The molecule has 4 heterocycles. The summed E-state index contributed by atoms with van der Waals surface area (Å²) < 4.78 is 22.9. The average Bonchev–Trinajstić information content (AvgIpc) is 3.32. The molecular formula is C20H26O10. The van der Waals surface area contributed by atoms with Crippen molar-refractivity contribution in [1.82, 2.24) is 0 Å². The van der Waals surface area contributed by atoms with Crippen molar-refractivity contribution in [2.75, 3.05) is 0 Å². The maximum Gasteiger partial charge on any atom is 0.342 e. The zero-order valence-electron chi connectivity index (χ0n) is 17.1. The first-order valence-electron chi connectivity index (χ1n) is 10.3. The van der Waals surface area contributed by atoms with Gasteiger partial charge in [-0.05, 0) is 11.8 Å². The number of carbonyl (C=O) groups is 2. The monoisotopic (exact) mass is 426 g/mol. The highest BCUT2D eigenvalue weighted by Crippen LogP contribution is 2.84. The van der Waals surface area contributed by atoms with Gasteiger partial charge in [0.2, 0.25) is 11.9 Å². The normalized spacial score (nSPS) is 62.8. The van der Waals surface area contributed by atoms with Gasteiger partial charge in [-0.3, -0.25) is 0 Å². The largest absolute Gasteiger partial charge is 0.457 e. The van der Waals surface area contributed by atoms with Crippen LogP contribution >= 0.6 is 0 Å². The molecule has 6 fully saturated rings. The maximum atomic E-state index is 13.4. The molecule has 6 rings (SSSR count). The molecule has 4 saturated heterocycles. The van der Waals surface area contributed by atoms with Crippen LogP contribution in [0.1, 0.15) is 34.1 Å². The highest BCUT2D eigenvalue weighted by molar-refractivity contribution is 5.91. The van der Waals surface area contributed by atoms with Crippen LogP contribution in [0.4, 0.5) is 0 Å². The third kappa shape index (κ3) is 1.41. The standard InChI is InChI=1S/C20H26O10/c1-6-12(23)27-7-5-17-11-8(21)9(16(2,3)4)18(17)10(22)13(24)29-15(18)30-20(17,14(25)28-11)19(6,7)26/h6-12,15,21-23,26H,5H2,1-4H3/t6-,7?,8-,9?,10+,11?,12?,15+,17?,18?,19-,20-/m1/s1. The predicted octanol–water partition coefficient (Wildman–Crippen LogP) is -1.58. The van der Waals surface area contributed by atoms with Crippen LogP contribution in [-0.4, -0.2) is 80.6 Å². The minimum absolute atomic E-state index is 0.0465. The minimum Gasteiger partial charge on any atom is -0.457 e. The summed E-state index contributed by atoms with van der Waals surface area (Å²) in [6.45, 7) is 7.11. The van der Waals surface area contributed by atoms with Crippen molar-refractivity contribution in [1.29, 1.82) is 0 Å². The molecular weight excluding hydrogens is 400 g/mol. The third-order valence-corrected chi connectivity index (χ3v) is 9.07. The smallest absolute Gasteiger partial charge is 0.342 e. The van der Waals surface area contributed by atoms with Crippen molar-refractivity contribution in [3.8, 4) is 0 Å². The van der Waals surface area contributed by atoms with Crippen LogP contribution in [0.3, 0.4) is 0 Å². The number of rotatable bonds is 0. The zero-order valence-corrected chi connectivity index (χ0v) is 17.1. The average molecular weight is 426 g/mol. The predicted molar refractivity (Wildman–Crippen MR) is 93.0 cm³/mol. The fourth-order valence-corrected chi connectivity index (χ4v) is 8.35. The summed E-state index contributed by atoms with van der Waals surface area (Å²) in [6, 6.07) is 0. The summed E-state index contributed by atoms with van der Waals surface area (Å²) in [5.74, 6) is -3.48. The summed E-state index contributed by atoms with van der Waals surface area (Å²) in [5, 5.41) is 44.8. The van der Waals surface area contributed by atoms with Gasteiger partial charge in [-0.2, -0.15) is 0 Å². The Bertz CT molecular complexity index is 883. The van der Waals surface area contributed by atoms with Gasteiger partial charge < -0.3 is 39.4 Å². The molecule has 0 aromatic carbocycles. The van der Waals surface area contributed by atoms with Crippen LogP contribution < -0.4 is 0 Å². The Kier molecular flexibility index (Phi) is 3.15. The molecule has 0 aromatic heterocycles. The van der Waals surface area contributed by atoms with Gasteiger partial charge in [0.05, 0.1) is 23.0 Å². The zero-order chi connectivity index (χ0) is 21.8. The van der Waals surface area contributed by atoms with E-state index in [1.54, 1.807) is 0 Å². The molecule has 2 spiro atoms. The third-order valence-electron chi connectivity index (χ3n) is 9.07. The van der Waals surface area contributed by atoms with E-state index in [4.69, 9.17) is 18.9 Å². The van der Waals surface area contributed by atoms with Gasteiger partial charge in [0.25, 0.3) is 0 Å². The molecule has 2 saturated carbocycles. The number of carbonyl (C=O) groups excluding carboxylic acids is 2. The lowest BCUT2D eigenvalue weighted by Crippen LogP contribution is -2.66. The van der Waals surface area contributed by atoms with Gasteiger partial charge in [0.15, 0.2) is 12.4 Å². The number of fused-ring (bicyclic) bond motifs is 1. The number of esters is 2. The Balaban J connectivity index is 1.70. The number of hydrogen-bond acceptors (Lipinski definition) is 10. The molecule has 30 heavy (non-hydrogen) atoms. The van der Waals surface area contributed by atoms with Crippen LogP contribution in [0.25, 0.3) is 0 Å². The van der Waals surface area contributed by atoms with Gasteiger partial charge in [-0.15, -0.1) is 0 Å². The lowest BCUT2D eigenvalue weighted by atomic mass is 9.51. The van der Waals surface area contributed by atoms with Crippen LogP contribution in [-0.2, 0) is 28.5 Å². The molecule has 10 heteroatoms. The first kappa shape index (κ1) is 19.4. The Hall–Kier alpha value is -1.30. The highest BCUT2D eigenvalue weighted by atomic mass is 16.8. The van der Waals surface area contributed by atoms with E-state index in [-0.39, 0.29) is 6.42 Å². The number of aliphatic hydroxyl groups is 4. The van der Waals surface area contributed by atoms with Crippen molar-refractivity contribution >= 4 is 11.9 Å². The molecule has 6 unspecified atom stereocenters. The Labute approximate surface area is 172 Å². The summed E-state index contributed by atoms with van der Waals surface area (Å²) in [5.41, 5.74) is -7.71. The van der Waals surface area contributed by atoms with E-state index >= 15 is 0 Å². The van der Waals surface area contributed by atoms with E-state index < -0.39 is 88.2 Å². The van der Waals surface area contributed by atoms with E-state index in [0.29, 0.717) is 0 Å². The Morgan fingerprint density at radius 2 is 1.77 bits per heavy atom. The summed E-state index contributed by atoms with van der Waals surface area (Å²) >= 11 is 0. The van der Waals surface area contributed by atoms with E-state index in [2.05, 4.69) is 0 Å². The molecule has 0 radical (unpaired) electrons. The van der Waals surface area contributed by atoms with Gasteiger partial charge >= 0.3 is 11.9 Å². The lowest BCUT2D eigenvalue weighted by Gasteiger charge is -2.46. The number of ether oxygens (including phenoxy) is 4. The SMILES string of the molecule is C[C@@H]1C(O)OC2CC34C5OC(=O)[C@]3(O[C@@H]3OC(=O)[C@H](O)C34C(C(C)(C)C)[C@H]5O)[C@]21O. The lowest BCUT2D eigenvalue weighted by molar-refractivity contribution is -0.239. The van der Waals surface area contributed by atoms with Crippen molar-refractivity contribution in [2.24, 2.45) is 28.1 Å². The van der Waals surface area contributed by atoms with Crippen LogP contribution in [0.15, 0.2) is 0 Å². The van der Waals surface area contributed by atoms with Gasteiger partial charge in [-0.25, -0.2) is 9.59 Å². The molecule has 166 valence electrons. The second kappa shape index (κ2) is 4.87. The Morgan fingerprint density at radius 1 is 1.10 bits per heavy atom. The van der Waals surface area contributed by atoms with Crippen LogP contribution in [0.5, 0.6) is 0 Å². The van der Waals surface area contributed by atoms with Gasteiger partial charge in [-0.1, -0.05) is 27.7 Å². The fraction of sp³-hybridized carbons (Fsp3) is 0.900. The molecule has 0 bridgehead atoms. The first-order valence-corrected chi connectivity index (χ1v) is 10.3. The highest BCUT2D eigenvalue weighted by Gasteiger charge is 3.02. The maximum absolute atomic E-state index is 13.4. The first-order chi connectivity index (χ1) is 13.8. The molecule has 2 aliphatic carbocycles. The molecule has 6 aliphatic rings. The van der Waals surface area contributed by atoms with Crippen molar-refractivity contribution < 1.29 is 49.0 Å². The van der Waals surface area contributed by atoms with Gasteiger partial charge in [0, 0.05) is 11.8 Å². The molecule has 10 nitrogen and oxygen atoms in total. The number of hydrogen-bond donors (Lipinski definition) is 4. The van der Waals surface area contributed by atoms with Crippen LogP contribution in [0.2, 0.25) is 0 Å². The second-order valence-corrected chi connectivity index (χ2v) is 10.9. The summed E-state index contributed by atoms with van der Waals surface area (Å²) in [4.78, 5) is 25.9. The van der Waals surface area contributed by atoms with Crippen molar-refractivity contribution in [3.05, 3.63) is 0 Å². The summed E-state index contributed by atoms with van der Waals surface area (Å²) in [7, 11) is 0. The molecule has 0 amide bonds. The quantitative estimate of drug-likeness (QED) is 0.334. The molecule has 4 N–H and O–H groups in total. The molecule has 4 aliphatic heterocycles. The number of aliphatic hydroxyl groups excluding tert-OH is 3. The summed E-state index contributed by atoms with van der Waals surface area (Å²) in [6.07, 6.45) is -7.80. The van der Waals surface area contributed by atoms with E-state index in [1.165, 1.54) is 6.92 Å². The molecule has 12 atom stereocenters. The van der Waals surface area contributed by atoms with Crippen molar-refractivity contribution in [2.45, 2.75) is 82.3 Å². The second-order valence-electron chi connectivity index (χ2n) is 10.9. The van der Waals surface area contributed by atoms with E-state index in [9.17, 15) is 30.0 Å². The van der Waals surface area contributed by atoms with Gasteiger partial charge in [0.1, 0.15) is 11.7 Å². The van der Waals surface area contributed by atoms with E-state index in [0.717, 1.165) is 0 Å². The van der Waals surface area contributed by atoms with Crippen molar-refractivity contribution in [3.63, 3.8) is 0 Å². The topological polar surface area (TPSA) is 152 Å². The van der Waals surface area contributed by atoms with Crippen LogP contribution in [0, 0.1) is 28.1 Å². The Morgan fingerprint density at radius 3 is 2.40 bits per heavy atom. The molecule has 0 aromatic rings.